The molecule has 0 radical (unpaired) electrons. The normalized spacial score (nSPS) is 18.9. The van der Waals surface area contributed by atoms with E-state index in [1.807, 2.05) is 24.3 Å². The summed E-state index contributed by atoms with van der Waals surface area (Å²) < 4.78 is 25.2. The summed E-state index contributed by atoms with van der Waals surface area (Å²) >= 11 is 0. The Morgan fingerprint density at radius 2 is 1.61 bits per heavy atom. The zero-order valence-corrected chi connectivity index (χ0v) is 17.2. The molecule has 148 valence electrons. The van der Waals surface area contributed by atoms with Crippen LogP contribution in [0.4, 0.5) is 11.4 Å². The molecule has 1 heterocycles. The molecule has 0 saturated carbocycles. The zero-order chi connectivity index (χ0) is 20.7. The quantitative estimate of drug-likeness (QED) is 0.854. The number of sulfonamides is 1. The minimum absolute atomic E-state index is 0.0310. The third-order valence-electron chi connectivity index (χ3n) is 4.73. The topological polar surface area (TPSA) is 83.6 Å². The Balaban J connectivity index is 1.75. The fourth-order valence-electron chi connectivity index (χ4n) is 3.09. The van der Waals surface area contributed by atoms with Gasteiger partial charge in [-0.05, 0) is 47.4 Å². The van der Waals surface area contributed by atoms with Crippen molar-refractivity contribution in [1.29, 1.82) is 0 Å². The van der Waals surface area contributed by atoms with Crippen molar-refractivity contribution in [1.82, 2.24) is 0 Å². The van der Waals surface area contributed by atoms with E-state index >= 15 is 0 Å². The van der Waals surface area contributed by atoms with Crippen LogP contribution in [0.15, 0.2) is 48.5 Å². The molecule has 0 spiro atoms. The molecule has 0 aromatic heterocycles. The van der Waals surface area contributed by atoms with E-state index in [0.717, 1.165) is 4.31 Å². The van der Waals surface area contributed by atoms with E-state index in [-0.39, 0.29) is 22.8 Å². The van der Waals surface area contributed by atoms with Gasteiger partial charge in [0.2, 0.25) is 15.9 Å². The molecule has 1 aliphatic rings. The Hall–Kier alpha value is -2.67. The van der Waals surface area contributed by atoms with E-state index in [2.05, 4.69) is 26.1 Å². The summed E-state index contributed by atoms with van der Waals surface area (Å²) in [6.07, 6.45) is 0. The lowest BCUT2D eigenvalue weighted by Gasteiger charge is -2.19. The first-order valence-corrected chi connectivity index (χ1v) is 10.7. The maximum Gasteiger partial charge on any atom is 0.255 e. The van der Waals surface area contributed by atoms with Gasteiger partial charge in [0, 0.05) is 11.3 Å². The maximum atomic E-state index is 12.5. The van der Waals surface area contributed by atoms with Crippen LogP contribution in [0.3, 0.4) is 0 Å². The predicted molar refractivity (Wildman–Crippen MR) is 110 cm³/mol. The lowest BCUT2D eigenvalue weighted by atomic mass is 9.87. The summed E-state index contributed by atoms with van der Waals surface area (Å²) in [6, 6.07) is 13.6. The van der Waals surface area contributed by atoms with Gasteiger partial charge in [0.15, 0.2) is 0 Å². The van der Waals surface area contributed by atoms with Crippen LogP contribution < -0.4 is 9.62 Å². The van der Waals surface area contributed by atoms with Gasteiger partial charge in [0.25, 0.3) is 5.91 Å². The highest BCUT2D eigenvalue weighted by Gasteiger charge is 2.41. The first-order valence-electron chi connectivity index (χ1n) is 9.08. The van der Waals surface area contributed by atoms with Crippen molar-refractivity contribution in [2.75, 3.05) is 15.4 Å². The monoisotopic (exact) mass is 400 g/mol. The molecule has 3 rings (SSSR count). The number of nitrogens with zero attached hydrogens (tertiary/aromatic N) is 1. The number of amides is 2. The van der Waals surface area contributed by atoms with E-state index in [9.17, 15) is 18.0 Å². The molecular formula is C21H24N2O4S. The van der Waals surface area contributed by atoms with Gasteiger partial charge in [-0.3, -0.25) is 9.59 Å². The van der Waals surface area contributed by atoms with Crippen molar-refractivity contribution in [3.05, 3.63) is 59.7 Å². The van der Waals surface area contributed by atoms with E-state index in [4.69, 9.17) is 0 Å². The third-order valence-corrected chi connectivity index (χ3v) is 6.60. The average molecular weight is 401 g/mol. The van der Waals surface area contributed by atoms with Crippen LogP contribution in [0.2, 0.25) is 0 Å². The van der Waals surface area contributed by atoms with Gasteiger partial charge in [-0.1, -0.05) is 39.8 Å². The Labute approximate surface area is 165 Å². The van der Waals surface area contributed by atoms with Crippen LogP contribution in [0.5, 0.6) is 0 Å². The first-order chi connectivity index (χ1) is 13.0. The number of carbonyl (C=O) groups excluding carboxylic acids is 2. The molecule has 0 bridgehead atoms. The molecule has 1 saturated heterocycles. The van der Waals surface area contributed by atoms with Gasteiger partial charge in [-0.2, -0.15) is 0 Å². The Kier molecular flexibility index (Phi) is 5.06. The molecule has 1 fully saturated rings. The second kappa shape index (κ2) is 7.05. The van der Waals surface area contributed by atoms with Crippen molar-refractivity contribution in [2.24, 2.45) is 5.92 Å². The number of anilines is 2. The average Bonchev–Trinajstić information content (AvgIpc) is 2.82. The van der Waals surface area contributed by atoms with Gasteiger partial charge in [-0.15, -0.1) is 0 Å². The Morgan fingerprint density at radius 3 is 2.07 bits per heavy atom. The fraction of sp³-hybridized carbons (Fsp3) is 0.333. The number of hydrogen-bond donors (Lipinski definition) is 1. The summed E-state index contributed by atoms with van der Waals surface area (Å²) in [5, 5.41) is 2.82. The van der Waals surface area contributed by atoms with Gasteiger partial charge < -0.3 is 5.32 Å². The van der Waals surface area contributed by atoms with Crippen LogP contribution in [0.1, 0.15) is 43.6 Å². The molecule has 1 aliphatic heterocycles. The molecule has 1 unspecified atom stereocenters. The molecule has 1 atom stereocenters. The van der Waals surface area contributed by atoms with Crippen LogP contribution in [-0.2, 0) is 20.2 Å². The lowest BCUT2D eigenvalue weighted by molar-refractivity contribution is -0.119. The van der Waals surface area contributed by atoms with Crippen LogP contribution >= 0.6 is 0 Å². The maximum absolute atomic E-state index is 12.5. The van der Waals surface area contributed by atoms with E-state index in [1.165, 1.54) is 29.8 Å². The molecule has 2 aromatic rings. The Morgan fingerprint density at radius 1 is 1.04 bits per heavy atom. The van der Waals surface area contributed by atoms with Gasteiger partial charge >= 0.3 is 0 Å². The smallest absolute Gasteiger partial charge is 0.255 e. The fourth-order valence-corrected chi connectivity index (χ4v) is 4.91. The van der Waals surface area contributed by atoms with Gasteiger partial charge in [-0.25, -0.2) is 12.7 Å². The summed E-state index contributed by atoms with van der Waals surface area (Å²) in [7, 11) is -3.65. The molecule has 28 heavy (non-hydrogen) atoms. The highest BCUT2D eigenvalue weighted by molar-refractivity contribution is 7.94. The lowest BCUT2D eigenvalue weighted by Crippen LogP contribution is -2.30. The number of rotatable bonds is 3. The standard InChI is InChI=1S/C21H24N2O4S/c1-14-13-28(26,27)23(20(14)25)18-11-5-15(6-12-18)19(24)22-17-9-7-16(8-10-17)21(2,3)4/h5-12,14H,13H2,1-4H3,(H,22,24). The number of nitrogens with one attached hydrogen (secondary N) is 1. The van der Waals surface area contributed by atoms with Gasteiger partial charge in [0.1, 0.15) is 0 Å². The summed E-state index contributed by atoms with van der Waals surface area (Å²) in [6.45, 7) is 7.95. The van der Waals surface area contributed by atoms with E-state index in [0.29, 0.717) is 11.3 Å². The van der Waals surface area contributed by atoms with E-state index in [1.54, 1.807) is 6.92 Å². The second-order valence-corrected chi connectivity index (χ2v) is 9.97. The van der Waals surface area contributed by atoms with Crippen LogP contribution in [0, 0.1) is 5.92 Å². The molecule has 7 heteroatoms. The minimum atomic E-state index is -3.65. The van der Waals surface area contributed by atoms with Gasteiger partial charge in [0.05, 0.1) is 17.4 Å². The summed E-state index contributed by atoms with van der Waals surface area (Å²) in [5.74, 6) is -1.52. The van der Waals surface area contributed by atoms with E-state index < -0.39 is 21.8 Å². The minimum Gasteiger partial charge on any atom is -0.322 e. The number of hydrogen-bond acceptors (Lipinski definition) is 4. The van der Waals surface area contributed by atoms with Crippen molar-refractivity contribution in [2.45, 2.75) is 33.1 Å². The number of benzene rings is 2. The van der Waals surface area contributed by atoms with Crippen molar-refractivity contribution >= 4 is 33.2 Å². The summed E-state index contributed by atoms with van der Waals surface area (Å²) in [5.41, 5.74) is 2.50. The third kappa shape index (κ3) is 3.94. The predicted octanol–water partition coefficient (Wildman–Crippen LogP) is 3.55. The molecule has 2 amide bonds. The largest absolute Gasteiger partial charge is 0.322 e. The second-order valence-electron chi connectivity index (χ2n) is 8.11. The van der Waals surface area contributed by atoms with Crippen LogP contribution in [0.25, 0.3) is 0 Å². The first kappa shape index (κ1) is 20.1. The van der Waals surface area contributed by atoms with Crippen molar-refractivity contribution in [3.63, 3.8) is 0 Å². The molecular weight excluding hydrogens is 376 g/mol. The zero-order valence-electron chi connectivity index (χ0n) is 16.4. The van der Waals surface area contributed by atoms with Crippen LogP contribution in [-0.4, -0.2) is 26.0 Å². The highest BCUT2D eigenvalue weighted by atomic mass is 32.2. The molecule has 6 nitrogen and oxygen atoms in total. The van der Waals surface area contributed by atoms with Crippen molar-refractivity contribution in [3.8, 4) is 0 Å². The molecule has 2 aromatic carbocycles. The molecule has 1 N–H and O–H groups in total. The Bertz CT molecular complexity index is 1000. The van der Waals surface area contributed by atoms with Crippen molar-refractivity contribution < 1.29 is 18.0 Å². The number of carbonyl (C=O) groups is 2. The molecule has 0 aliphatic carbocycles. The SMILES string of the molecule is CC1CS(=O)(=O)N(c2ccc(C(=O)Nc3ccc(C(C)(C)C)cc3)cc2)C1=O. The summed E-state index contributed by atoms with van der Waals surface area (Å²) in [4.78, 5) is 24.6. The highest BCUT2D eigenvalue weighted by Crippen LogP contribution is 2.28.